The minimum atomic E-state index is -0.780. The molecule has 5 nitrogen and oxygen atoms in total. The molecule has 0 amide bonds. The van der Waals surface area contributed by atoms with E-state index in [0.29, 0.717) is 24.7 Å². The molecule has 1 N–H and O–H groups in total. The molecular formula is C31H29NO4. The molecule has 0 spiro atoms. The molecule has 0 bridgehead atoms. The van der Waals surface area contributed by atoms with Gasteiger partial charge in [-0.05, 0) is 41.3 Å². The Morgan fingerprint density at radius 1 is 0.694 bits per heavy atom. The average molecular weight is 480 g/mol. The molecule has 5 heteroatoms. The van der Waals surface area contributed by atoms with E-state index in [1.165, 1.54) is 0 Å². The van der Waals surface area contributed by atoms with Gasteiger partial charge in [-0.15, -0.1) is 0 Å². The van der Waals surface area contributed by atoms with Crippen LogP contribution in [0.15, 0.2) is 109 Å². The van der Waals surface area contributed by atoms with Crippen LogP contribution >= 0.6 is 0 Å². The first-order chi connectivity index (χ1) is 17.6. The maximum atomic E-state index is 12.9. The third-order valence-corrected chi connectivity index (χ3v) is 6.35. The lowest BCUT2D eigenvalue weighted by Gasteiger charge is -2.15. The second kappa shape index (κ2) is 10.7. The van der Waals surface area contributed by atoms with Crippen molar-refractivity contribution in [3.8, 4) is 11.5 Å². The number of nitrogens with one attached hydrogen (secondary N) is 1. The van der Waals surface area contributed by atoms with Crippen LogP contribution in [0, 0.1) is 0 Å². The number of esters is 1. The van der Waals surface area contributed by atoms with E-state index in [1.807, 2.05) is 116 Å². The molecule has 0 radical (unpaired) electrons. The van der Waals surface area contributed by atoms with Crippen molar-refractivity contribution in [2.24, 2.45) is 0 Å². The molecule has 1 aliphatic heterocycles. The maximum absolute atomic E-state index is 12.9. The van der Waals surface area contributed by atoms with E-state index in [4.69, 9.17) is 14.2 Å². The molecule has 2 atom stereocenters. The maximum Gasteiger partial charge on any atom is 0.328 e. The summed E-state index contributed by atoms with van der Waals surface area (Å²) in [7, 11) is 0. The standard InChI is InChI=1S/C31H29NO4/c1-31(30(33)36-22-25-15-9-4-10-16-25)29(32-31)26-17-18-27(34-20-23-11-5-2-6-12-23)28(19-26)35-21-24-13-7-3-8-14-24/h2-19,29,32H,20-22H2,1H3. The van der Waals surface area contributed by atoms with Crippen LogP contribution in [0.5, 0.6) is 11.5 Å². The van der Waals surface area contributed by atoms with Crippen LogP contribution in [0.4, 0.5) is 0 Å². The first-order valence-corrected chi connectivity index (χ1v) is 12.1. The summed E-state index contributed by atoms with van der Waals surface area (Å²) in [5, 5.41) is 3.30. The van der Waals surface area contributed by atoms with Crippen LogP contribution in [0.1, 0.15) is 35.2 Å². The van der Waals surface area contributed by atoms with Gasteiger partial charge < -0.3 is 14.2 Å². The molecule has 1 fully saturated rings. The highest BCUT2D eigenvalue weighted by Gasteiger charge is 2.58. The highest BCUT2D eigenvalue weighted by Crippen LogP contribution is 2.44. The second-order valence-electron chi connectivity index (χ2n) is 9.10. The number of carbonyl (C=O) groups excluding carboxylic acids is 1. The van der Waals surface area contributed by atoms with Crippen LogP contribution in [0.3, 0.4) is 0 Å². The zero-order chi connectivity index (χ0) is 24.8. The fraction of sp³-hybridized carbons (Fsp3) is 0.194. The van der Waals surface area contributed by atoms with E-state index >= 15 is 0 Å². The van der Waals surface area contributed by atoms with Gasteiger partial charge in [0.2, 0.25) is 0 Å². The van der Waals surface area contributed by atoms with E-state index in [9.17, 15) is 4.79 Å². The number of benzene rings is 4. The Kier molecular flexibility index (Phi) is 7.01. The van der Waals surface area contributed by atoms with Crippen molar-refractivity contribution < 1.29 is 19.0 Å². The molecule has 182 valence electrons. The molecule has 4 aromatic rings. The van der Waals surface area contributed by atoms with Gasteiger partial charge in [-0.2, -0.15) is 0 Å². The minimum Gasteiger partial charge on any atom is -0.485 e. The predicted octanol–water partition coefficient (Wildman–Crippen LogP) is 5.99. The predicted molar refractivity (Wildman–Crippen MR) is 139 cm³/mol. The molecule has 0 saturated carbocycles. The topological polar surface area (TPSA) is 66.7 Å². The van der Waals surface area contributed by atoms with Gasteiger partial charge in [0.25, 0.3) is 0 Å². The Bertz CT molecular complexity index is 1290. The van der Waals surface area contributed by atoms with Crippen LogP contribution in [0.25, 0.3) is 0 Å². The van der Waals surface area contributed by atoms with E-state index in [1.54, 1.807) is 0 Å². The molecule has 1 aliphatic rings. The van der Waals surface area contributed by atoms with Crippen molar-refractivity contribution in [1.29, 1.82) is 0 Å². The van der Waals surface area contributed by atoms with E-state index in [-0.39, 0.29) is 18.6 Å². The average Bonchev–Trinajstić information content (AvgIpc) is 3.64. The Morgan fingerprint density at radius 2 is 1.19 bits per heavy atom. The summed E-state index contributed by atoms with van der Waals surface area (Å²) < 4.78 is 17.9. The molecule has 1 heterocycles. The normalized spacial score (nSPS) is 18.3. The Balaban J connectivity index is 1.30. The smallest absolute Gasteiger partial charge is 0.328 e. The Labute approximate surface area is 211 Å². The molecular weight excluding hydrogens is 450 g/mol. The second-order valence-corrected chi connectivity index (χ2v) is 9.10. The van der Waals surface area contributed by atoms with Crippen LogP contribution < -0.4 is 14.8 Å². The van der Waals surface area contributed by atoms with E-state index in [2.05, 4.69) is 5.32 Å². The molecule has 4 aromatic carbocycles. The monoisotopic (exact) mass is 479 g/mol. The highest BCUT2D eigenvalue weighted by atomic mass is 16.5. The molecule has 36 heavy (non-hydrogen) atoms. The minimum absolute atomic E-state index is 0.164. The highest BCUT2D eigenvalue weighted by molar-refractivity contribution is 5.86. The van der Waals surface area contributed by atoms with Gasteiger partial charge in [0.15, 0.2) is 11.5 Å². The van der Waals surface area contributed by atoms with Crippen molar-refractivity contribution in [3.05, 3.63) is 131 Å². The van der Waals surface area contributed by atoms with Crippen molar-refractivity contribution in [3.63, 3.8) is 0 Å². The van der Waals surface area contributed by atoms with Gasteiger partial charge >= 0.3 is 5.97 Å². The van der Waals surface area contributed by atoms with Gasteiger partial charge in [-0.25, -0.2) is 4.79 Å². The molecule has 0 aliphatic carbocycles. The molecule has 0 aromatic heterocycles. The molecule has 2 unspecified atom stereocenters. The van der Waals surface area contributed by atoms with Gasteiger partial charge in [0.05, 0.1) is 6.04 Å². The van der Waals surface area contributed by atoms with Gasteiger partial charge in [0.1, 0.15) is 25.4 Å². The zero-order valence-electron chi connectivity index (χ0n) is 20.2. The largest absolute Gasteiger partial charge is 0.485 e. The van der Waals surface area contributed by atoms with Crippen molar-refractivity contribution >= 4 is 5.97 Å². The SMILES string of the molecule is CC1(C(=O)OCc2ccccc2)NC1c1ccc(OCc2ccccc2)c(OCc2ccccc2)c1. The number of ether oxygens (including phenoxy) is 3. The molecule has 1 saturated heterocycles. The fourth-order valence-electron chi connectivity index (χ4n) is 4.13. The third kappa shape index (κ3) is 5.58. The van der Waals surface area contributed by atoms with Crippen LogP contribution in [-0.2, 0) is 29.4 Å². The first-order valence-electron chi connectivity index (χ1n) is 12.1. The lowest BCUT2D eigenvalue weighted by molar-refractivity contribution is -0.147. The van der Waals surface area contributed by atoms with Gasteiger partial charge in [0, 0.05) is 0 Å². The third-order valence-electron chi connectivity index (χ3n) is 6.35. The summed E-state index contributed by atoms with van der Waals surface area (Å²) in [6.45, 7) is 2.98. The summed E-state index contributed by atoms with van der Waals surface area (Å²) in [4.78, 5) is 12.9. The lowest BCUT2D eigenvalue weighted by atomic mass is 10.0. The lowest BCUT2D eigenvalue weighted by Crippen LogP contribution is -2.26. The number of hydrogen-bond acceptors (Lipinski definition) is 5. The number of hydrogen-bond donors (Lipinski definition) is 1. The Hall–Kier alpha value is -4.09. The molecule has 5 rings (SSSR count). The Morgan fingerprint density at radius 3 is 1.75 bits per heavy atom. The summed E-state index contributed by atoms with van der Waals surface area (Å²) >= 11 is 0. The van der Waals surface area contributed by atoms with E-state index in [0.717, 1.165) is 22.3 Å². The van der Waals surface area contributed by atoms with Gasteiger partial charge in [-0.1, -0.05) is 97.1 Å². The van der Waals surface area contributed by atoms with Crippen LogP contribution in [-0.4, -0.2) is 11.5 Å². The zero-order valence-corrected chi connectivity index (χ0v) is 20.2. The first kappa shape index (κ1) is 23.6. The number of rotatable bonds is 10. The van der Waals surface area contributed by atoms with Crippen molar-refractivity contribution in [1.82, 2.24) is 5.32 Å². The van der Waals surface area contributed by atoms with Crippen LogP contribution in [0.2, 0.25) is 0 Å². The summed E-state index contributed by atoms with van der Waals surface area (Å²) in [6.07, 6.45) is 0. The van der Waals surface area contributed by atoms with Crippen molar-refractivity contribution in [2.75, 3.05) is 0 Å². The summed E-state index contributed by atoms with van der Waals surface area (Å²) in [5.41, 5.74) is 3.27. The summed E-state index contributed by atoms with van der Waals surface area (Å²) in [6, 6.07) is 35.4. The van der Waals surface area contributed by atoms with E-state index < -0.39 is 5.54 Å². The number of carbonyl (C=O) groups is 1. The quantitative estimate of drug-likeness (QED) is 0.224. The summed E-state index contributed by atoms with van der Waals surface area (Å²) in [5.74, 6) is 1.03. The van der Waals surface area contributed by atoms with Crippen molar-refractivity contribution in [2.45, 2.75) is 38.3 Å². The fourth-order valence-corrected chi connectivity index (χ4v) is 4.13. The van der Waals surface area contributed by atoms with Gasteiger partial charge in [-0.3, -0.25) is 5.32 Å².